The lowest BCUT2D eigenvalue weighted by atomic mass is 9.90. The molecule has 0 amide bonds. The number of nitrogens with zero attached hydrogens (tertiary/aromatic N) is 2. The highest BCUT2D eigenvalue weighted by Crippen LogP contribution is 2.22. The number of allylic oxidation sites excluding steroid dienone is 6. The molecule has 0 fully saturated rings. The monoisotopic (exact) mass is 375 g/mol. The van der Waals surface area contributed by atoms with Crippen LogP contribution in [0, 0.1) is 11.3 Å². The highest BCUT2D eigenvalue weighted by atomic mass is 16.1. The normalized spacial score (nSPS) is 15.8. The van der Waals surface area contributed by atoms with Crippen molar-refractivity contribution < 1.29 is 0 Å². The molecule has 142 valence electrons. The number of aromatic amines is 3. The van der Waals surface area contributed by atoms with Gasteiger partial charge in [0.2, 0.25) is 0 Å². The summed E-state index contributed by atoms with van der Waals surface area (Å²) in [5.74, 6) is 0. The highest BCUT2D eigenvalue weighted by Gasteiger charge is 2.19. The fourth-order valence-electron chi connectivity index (χ4n) is 2.87. The van der Waals surface area contributed by atoms with E-state index in [1.165, 1.54) is 0 Å². The third kappa shape index (κ3) is 4.18. The predicted octanol–water partition coefficient (Wildman–Crippen LogP) is 1.03. The largest absolute Gasteiger partial charge is 0.348 e. The number of H-pyrrole nitrogens is 3. The Kier molecular flexibility index (Phi) is 5.14. The summed E-state index contributed by atoms with van der Waals surface area (Å²) in [4.78, 5) is 37.5. The summed E-state index contributed by atoms with van der Waals surface area (Å²) in [6.45, 7) is 6.09. The number of rotatable bonds is 2. The van der Waals surface area contributed by atoms with Crippen LogP contribution in [0.15, 0.2) is 51.4 Å². The molecule has 0 saturated carbocycles. The molecule has 0 aromatic carbocycles. The topological polar surface area (TPSA) is 118 Å². The van der Waals surface area contributed by atoms with E-state index in [2.05, 4.69) is 26.0 Å². The Morgan fingerprint density at radius 2 is 1.82 bits per heavy atom. The Bertz CT molecular complexity index is 1270. The molecule has 0 atom stereocenters. The van der Waals surface area contributed by atoms with Crippen LogP contribution < -0.4 is 21.8 Å². The van der Waals surface area contributed by atoms with Crippen molar-refractivity contribution in [3.8, 4) is 6.07 Å². The van der Waals surface area contributed by atoms with Crippen LogP contribution in [-0.4, -0.2) is 19.9 Å². The number of imidazole rings is 1. The lowest BCUT2D eigenvalue weighted by Crippen LogP contribution is -2.46. The second kappa shape index (κ2) is 7.53. The molecule has 0 radical (unpaired) electrons. The third-order valence-electron chi connectivity index (χ3n) is 4.23. The SMILES string of the molecule is CC(C)(C)c1[nH]cnc1/C=c1\[nH]c(=O)/c(=C/C2=CCC=CC(C#N)=C2)[nH]c1=O. The molecule has 7 nitrogen and oxygen atoms in total. The molecular weight excluding hydrogens is 354 g/mol. The van der Waals surface area contributed by atoms with Crippen molar-refractivity contribution >= 4 is 12.2 Å². The van der Waals surface area contributed by atoms with E-state index in [-0.39, 0.29) is 16.1 Å². The van der Waals surface area contributed by atoms with Crippen molar-refractivity contribution in [2.24, 2.45) is 0 Å². The van der Waals surface area contributed by atoms with Crippen LogP contribution in [0.25, 0.3) is 12.2 Å². The summed E-state index contributed by atoms with van der Waals surface area (Å²) in [5.41, 5.74) is 1.60. The van der Waals surface area contributed by atoms with E-state index < -0.39 is 11.1 Å². The Balaban J connectivity index is 2.10. The second-order valence-corrected chi connectivity index (χ2v) is 7.49. The van der Waals surface area contributed by atoms with Crippen LogP contribution in [0.2, 0.25) is 0 Å². The van der Waals surface area contributed by atoms with Gasteiger partial charge >= 0.3 is 0 Å². The molecule has 1 aliphatic carbocycles. The Morgan fingerprint density at radius 3 is 2.46 bits per heavy atom. The highest BCUT2D eigenvalue weighted by molar-refractivity contribution is 5.57. The molecule has 1 aliphatic rings. The van der Waals surface area contributed by atoms with E-state index in [1.807, 2.05) is 32.9 Å². The maximum Gasteiger partial charge on any atom is 0.272 e. The van der Waals surface area contributed by atoms with Gasteiger partial charge in [-0.1, -0.05) is 32.9 Å². The van der Waals surface area contributed by atoms with Crippen LogP contribution in [-0.2, 0) is 5.41 Å². The zero-order chi connectivity index (χ0) is 20.3. The minimum absolute atomic E-state index is 0.127. The van der Waals surface area contributed by atoms with Gasteiger partial charge in [0.1, 0.15) is 10.7 Å². The average Bonchev–Trinajstić information content (AvgIpc) is 2.98. The molecular formula is C21H21N5O2. The van der Waals surface area contributed by atoms with Gasteiger partial charge in [0.15, 0.2) is 0 Å². The van der Waals surface area contributed by atoms with Crippen molar-refractivity contribution in [3.63, 3.8) is 0 Å². The first-order valence-corrected chi connectivity index (χ1v) is 8.86. The summed E-state index contributed by atoms with van der Waals surface area (Å²) in [5, 5.41) is 9.34. The van der Waals surface area contributed by atoms with Gasteiger partial charge < -0.3 is 15.0 Å². The maximum atomic E-state index is 12.5. The van der Waals surface area contributed by atoms with Gasteiger partial charge in [-0.25, -0.2) is 4.98 Å². The van der Waals surface area contributed by atoms with E-state index in [0.29, 0.717) is 23.3 Å². The van der Waals surface area contributed by atoms with Gasteiger partial charge in [0, 0.05) is 11.1 Å². The maximum absolute atomic E-state index is 12.5. The molecule has 0 spiro atoms. The molecule has 3 N–H and O–H groups in total. The van der Waals surface area contributed by atoms with Gasteiger partial charge in [0.05, 0.1) is 23.7 Å². The summed E-state index contributed by atoms with van der Waals surface area (Å²) >= 11 is 0. The van der Waals surface area contributed by atoms with Gasteiger partial charge in [-0.2, -0.15) is 5.26 Å². The van der Waals surface area contributed by atoms with E-state index in [9.17, 15) is 9.59 Å². The van der Waals surface area contributed by atoms with Gasteiger partial charge in [-0.05, 0) is 36.3 Å². The summed E-state index contributed by atoms with van der Waals surface area (Å²) in [6.07, 6.45) is 12.4. The fourth-order valence-corrected chi connectivity index (χ4v) is 2.87. The van der Waals surface area contributed by atoms with Crippen molar-refractivity contribution in [1.82, 2.24) is 19.9 Å². The van der Waals surface area contributed by atoms with E-state index in [4.69, 9.17) is 5.26 Å². The molecule has 28 heavy (non-hydrogen) atoms. The number of nitrogens with one attached hydrogen (secondary N) is 3. The molecule has 2 aromatic heterocycles. The van der Waals surface area contributed by atoms with Crippen molar-refractivity contribution in [1.29, 1.82) is 5.26 Å². The van der Waals surface area contributed by atoms with Gasteiger partial charge in [-0.3, -0.25) is 9.59 Å². The summed E-state index contributed by atoms with van der Waals surface area (Å²) in [7, 11) is 0. The minimum Gasteiger partial charge on any atom is -0.348 e. The molecule has 7 heteroatoms. The molecule has 0 aliphatic heterocycles. The molecule has 2 aromatic rings. The average molecular weight is 375 g/mol. The quantitative estimate of drug-likeness (QED) is 0.726. The summed E-state index contributed by atoms with van der Waals surface area (Å²) < 4.78 is 0. The molecule has 2 heterocycles. The lowest BCUT2D eigenvalue weighted by molar-refractivity contribution is 0.571. The predicted molar refractivity (Wildman–Crippen MR) is 108 cm³/mol. The first kappa shape index (κ1) is 19.1. The van der Waals surface area contributed by atoms with Crippen LogP contribution >= 0.6 is 0 Å². The van der Waals surface area contributed by atoms with Crippen LogP contribution in [0.5, 0.6) is 0 Å². The van der Waals surface area contributed by atoms with Crippen molar-refractivity contribution in [2.45, 2.75) is 32.6 Å². The fraction of sp³-hybridized carbons (Fsp3) is 0.238. The molecule has 0 unspecified atom stereocenters. The first-order chi connectivity index (χ1) is 13.3. The van der Waals surface area contributed by atoms with Crippen LogP contribution in [0.1, 0.15) is 38.6 Å². The zero-order valence-electron chi connectivity index (χ0n) is 16.0. The van der Waals surface area contributed by atoms with Crippen LogP contribution in [0.3, 0.4) is 0 Å². The summed E-state index contributed by atoms with van der Waals surface area (Å²) in [6, 6.07) is 2.08. The van der Waals surface area contributed by atoms with E-state index >= 15 is 0 Å². The number of hydrogen-bond donors (Lipinski definition) is 3. The van der Waals surface area contributed by atoms with E-state index in [0.717, 1.165) is 5.69 Å². The lowest BCUT2D eigenvalue weighted by Gasteiger charge is -2.16. The van der Waals surface area contributed by atoms with Crippen LogP contribution in [0.4, 0.5) is 0 Å². The zero-order valence-corrected chi connectivity index (χ0v) is 16.0. The third-order valence-corrected chi connectivity index (χ3v) is 4.23. The molecule has 3 rings (SSSR count). The number of aromatic nitrogens is 4. The van der Waals surface area contributed by atoms with E-state index in [1.54, 1.807) is 30.6 Å². The van der Waals surface area contributed by atoms with Gasteiger partial charge in [-0.15, -0.1) is 0 Å². The Morgan fingerprint density at radius 1 is 1.14 bits per heavy atom. The number of hydrogen-bond acceptors (Lipinski definition) is 4. The standard InChI is InChI=1S/C21H21N5O2/c1-21(2,3)18-15(23-12-24-18)10-17-20(28)25-16(19(27)26-17)9-13-6-4-5-7-14(8-13)11-22/h5-10,12H,4H2,1-3H3,(H,23,24)(H,25,28)(H,26,27)/b16-9-,17-10-. The first-order valence-electron chi connectivity index (χ1n) is 8.86. The van der Waals surface area contributed by atoms with Crippen molar-refractivity contribution in [3.05, 3.63) is 84.6 Å². The molecule has 0 saturated heterocycles. The Labute approximate surface area is 161 Å². The second-order valence-electron chi connectivity index (χ2n) is 7.49. The van der Waals surface area contributed by atoms with Gasteiger partial charge in [0.25, 0.3) is 11.1 Å². The number of nitriles is 1. The minimum atomic E-state index is -0.427. The van der Waals surface area contributed by atoms with Crippen molar-refractivity contribution in [2.75, 3.05) is 0 Å². The molecule has 0 bridgehead atoms. The smallest absolute Gasteiger partial charge is 0.272 e. The Hall–Kier alpha value is -3.66.